The number of rotatable bonds is 5. The van der Waals surface area contributed by atoms with Crippen molar-refractivity contribution in [3.63, 3.8) is 0 Å². The number of nitrogens with zero attached hydrogens (tertiary/aromatic N) is 2. The molecule has 0 saturated carbocycles. The first-order valence-electron chi connectivity index (χ1n) is 8.57. The van der Waals surface area contributed by atoms with Gasteiger partial charge in [-0.3, -0.25) is 4.79 Å². The molecule has 0 aromatic heterocycles. The molecule has 1 fully saturated rings. The van der Waals surface area contributed by atoms with Gasteiger partial charge >= 0.3 is 0 Å². The molecule has 1 saturated heterocycles. The number of nitrogens with one attached hydrogen (secondary N) is 1. The average Bonchev–Trinajstić information content (AvgIpc) is 3.17. The minimum Gasteiger partial charge on any atom is -0.378 e. The van der Waals surface area contributed by atoms with Crippen molar-refractivity contribution in [2.45, 2.75) is 17.7 Å². The van der Waals surface area contributed by atoms with Crippen molar-refractivity contribution >= 4 is 27.3 Å². The van der Waals surface area contributed by atoms with E-state index in [1.807, 2.05) is 31.1 Å². The molecule has 6 nitrogen and oxygen atoms in total. The lowest BCUT2D eigenvalue weighted by Crippen LogP contribution is -2.27. The average molecular weight is 373 g/mol. The molecule has 0 atom stereocenters. The van der Waals surface area contributed by atoms with Crippen molar-refractivity contribution in [2.24, 2.45) is 0 Å². The van der Waals surface area contributed by atoms with Crippen molar-refractivity contribution in [1.82, 2.24) is 4.31 Å². The Labute approximate surface area is 154 Å². The summed E-state index contributed by atoms with van der Waals surface area (Å²) < 4.78 is 26.8. The zero-order chi connectivity index (χ0) is 18.7. The Balaban J connectivity index is 1.80. The maximum atomic E-state index is 12.7. The van der Waals surface area contributed by atoms with E-state index in [2.05, 4.69) is 5.32 Å². The van der Waals surface area contributed by atoms with Gasteiger partial charge in [0, 0.05) is 44.1 Å². The Morgan fingerprint density at radius 3 is 2.42 bits per heavy atom. The van der Waals surface area contributed by atoms with Crippen LogP contribution in [0.1, 0.15) is 23.2 Å². The molecule has 0 spiro atoms. The molecule has 7 heteroatoms. The number of sulfonamides is 1. The fraction of sp³-hybridized carbons (Fsp3) is 0.316. The van der Waals surface area contributed by atoms with Gasteiger partial charge in [0.15, 0.2) is 0 Å². The highest BCUT2D eigenvalue weighted by Gasteiger charge is 2.27. The zero-order valence-corrected chi connectivity index (χ0v) is 15.8. The van der Waals surface area contributed by atoms with E-state index in [-0.39, 0.29) is 10.8 Å². The summed E-state index contributed by atoms with van der Waals surface area (Å²) in [6.07, 6.45) is 1.77. The Bertz CT molecular complexity index is 904. The summed E-state index contributed by atoms with van der Waals surface area (Å²) in [5.41, 5.74) is 1.90. The highest BCUT2D eigenvalue weighted by molar-refractivity contribution is 7.89. The van der Waals surface area contributed by atoms with Crippen molar-refractivity contribution in [2.75, 3.05) is 37.4 Å². The highest BCUT2D eigenvalue weighted by atomic mass is 32.2. The van der Waals surface area contributed by atoms with Crippen LogP contribution in [0.25, 0.3) is 0 Å². The fourth-order valence-electron chi connectivity index (χ4n) is 2.94. The number of hydrogen-bond donors (Lipinski definition) is 1. The van der Waals surface area contributed by atoms with Crippen LogP contribution < -0.4 is 10.2 Å². The predicted molar refractivity (Wildman–Crippen MR) is 103 cm³/mol. The molecule has 2 aromatic carbocycles. The molecule has 1 N–H and O–H groups in total. The maximum Gasteiger partial charge on any atom is 0.255 e. The predicted octanol–water partition coefficient (Wildman–Crippen LogP) is 2.79. The van der Waals surface area contributed by atoms with E-state index < -0.39 is 10.0 Å². The van der Waals surface area contributed by atoms with Gasteiger partial charge < -0.3 is 10.2 Å². The van der Waals surface area contributed by atoms with Gasteiger partial charge in [-0.2, -0.15) is 4.31 Å². The van der Waals surface area contributed by atoms with E-state index in [4.69, 9.17) is 0 Å². The quantitative estimate of drug-likeness (QED) is 0.875. The smallest absolute Gasteiger partial charge is 0.255 e. The van der Waals surface area contributed by atoms with Crippen LogP contribution in [0.2, 0.25) is 0 Å². The molecular formula is C19H23N3O3S. The minimum absolute atomic E-state index is 0.208. The van der Waals surface area contributed by atoms with E-state index in [9.17, 15) is 13.2 Å². The van der Waals surface area contributed by atoms with Gasteiger partial charge in [-0.1, -0.05) is 12.1 Å². The van der Waals surface area contributed by atoms with Crippen LogP contribution in [0, 0.1) is 0 Å². The number of benzene rings is 2. The Morgan fingerprint density at radius 1 is 1.04 bits per heavy atom. The van der Waals surface area contributed by atoms with Gasteiger partial charge in [0.25, 0.3) is 5.91 Å². The van der Waals surface area contributed by atoms with E-state index in [1.54, 1.807) is 30.3 Å². The van der Waals surface area contributed by atoms with Gasteiger partial charge in [0.2, 0.25) is 10.0 Å². The third-order valence-corrected chi connectivity index (χ3v) is 6.31. The number of amides is 1. The molecule has 0 bridgehead atoms. The number of hydrogen-bond acceptors (Lipinski definition) is 4. The second-order valence-electron chi connectivity index (χ2n) is 6.54. The normalized spacial score (nSPS) is 15.0. The Kier molecular flexibility index (Phi) is 5.29. The molecule has 138 valence electrons. The van der Waals surface area contributed by atoms with E-state index in [1.165, 1.54) is 10.4 Å². The van der Waals surface area contributed by atoms with Crippen LogP contribution >= 0.6 is 0 Å². The molecule has 0 radical (unpaired) electrons. The topological polar surface area (TPSA) is 69.7 Å². The van der Waals surface area contributed by atoms with Crippen LogP contribution in [-0.4, -0.2) is 45.8 Å². The molecule has 3 rings (SSSR count). The second kappa shape index (κ2) is 7.47. The Morgan fingerprint density at radius 2 is 1.73 bits per heavy atom. The molecule has 26 heavy (non-hydrogen) atoms. The second-order valence-corrected chi connectivity index (χ2v) is 8.48. The highest BCUT2D eigenvalue weighted by Crippen LogP contribution is 2.23. The Hall–Kier alpha value is -2.38. The van der Waals surface area contributed by atoms with Crippen LogP contribution in [0.3, 0.4) is 0 Å². The van der Waals surface area contributed by atoms with Crippen molar-refractivity contribution in [3.8, 4) is 0 Å². The van der Waals surface area contributed by atoms with E-state index in [0.717, 1.165) is 18.5 Å². The fourth-order valence-corrected chi connectivity index (χ4v) is 4.50. The first-order valence-corrected chi connectivity index (χ1v) is 10.0. The minimum atomic E-state index is -3.50. The zero-order valence-electron chi connectivity index (χ0n) is 15.0. The lowest BCUT2D eigenvalue weighted by Gasteiger charge is -2.16. The van der Waals surface area contributed by atoms with Gasteiger partial charge in [-0.05, 0) is 49.2 Å². The SMILES string of the molecule is CN(C)c1cccc(C(=O)Nc2cccc(S(=O)(=O)N3CCCC3)c2)c1. The molecule has 0 aliphatic carbocycles. The number of carbonyl (C=O) groups excluding carboxylic acids is 1. The van der Waals surface area contributed by atoms with Crippen LogP contribution in [-0.2, 0) is 10.0 Å². The van der Waals surface area contributed by atoms with Gasteiger partial charge in [0.1, 0.15) is 0 Å². The first-order chi connectivity index (χ1) is 12.4. The molecule has 1 heterocycles. The maximum absolute atomic E-state index is 12.7. The molecular weight excluding hydrogens is 350 g/mol. The lowest BCUT2D eigenvalue weighted by atomic mass is 10.1. The summed E-state index contributed by atoms with van der Waals surface area (Å²) in [4.78, 5) is 14.6. The monoisotopic (exact) mass is 373 g/mol. The van der Waals surface area contributed by atoms with Crippen LogP contribution in [0.5, 0.6) is 0 Å². The van der Waals surface area contributed by atoms with Crippen molar-refractivity contribution < 1.29 is 13.2 Å². The largest absolute Gasteiger partial charge is 0.378 e. The van der Waals surface area contributed by atoms with Gasteiger partial charge in [0.05, 0.1) is 4.90 Å². The van der Waals surface area contributed by atoms with E-state index >= 15 is 0 Å². The standard InChI is InChI=1S/C19H23N3O3S/c1-21(2)17-9-5-7-15(13-17)19(23)20-16-8-6-10-18(14-16)26(24,25)22-11-3-4-12-22/h5-10,13-14H,3-4,11-12H2,1-2H3,(H,20,23). The molecule has 1 aliphatic rings. The summed E-state index contributed by atoms with van der Waals surface area (Å²) in [5, 5.41) is 2.79. The van der Waals surface area contributed by atoms with Gasteiger partial charge in [-0.25, -0.2) is 8.42 Å². The first kappa shape index (κ1) is 18.4. The van der Waals surface area contributed by atoms with Gasteiger partial charge in [-0.15, -0.1) is 0 Å². The third kappa shape index (κ3) is 3.89. The summed E-state index contributed by atoms with van der Waals surface area (Å²) in [6.45, 7) is 1.10. The number of anilines is 2. The molecule has 0 unspecified atom stereocenters. The third-order valence-electron chi connectivity index (χ3n) is 4.42. The summed E-state index contributed by atoms with van der Waals surface area (Å²) >= 11 is 0. The van der Waals surface area contributed by atoms with Crippen molar-refractivity contribution in [1.29, 1.82) is 0 Å². The van der Waals surface area contributed by atoms with E-state index in [0.29, 0.717) is 24.3 Å². The lowest BCUT2D eigenvalue weighted by molar-refractivity contribution is 0.102. The van der Waals surface area contributed by atoms with Crippen molar-refractivity contribution in [3.05, 3.63) is 54.1 Å². The summed E-state index contributed by atoms with van der Waals surface area (Å²) in [5.74, 6) is -0.274. The molecule has 1 aliphatic heterocycles. The van der Waals surface area contributed by atoms with Crippen LogP contribution in [0.4, 0.5) is 11.4 Å². The molecule has 1 amide bonds. The number of carbonyl (C=O) groups is 1. The van der Waals surface area contributed by atoms with Crippen LogP contribution in [0.15, 0.2) is 53.4 Å². The molecule has 2 aromatic rings. The summed E-state index contributed by atoms with van der Waals surface area (Å²) in [7, 11) is 0.309. The summed E-state index contributed by atoms with van der Waals surface area (Å²) in [6, 6.07) is 13.7.